The van der Waals surface area contributed by atoms with Gasteiger partial charge in [0.25, 0.3) is 10.2 Å². The Morgan fingerprint density at radius 3 is 2.87 bits per heavy atom. The summed E-state index contributed by atoms with van der Waals surface area (Å²) in [5.74, 6) is 0.693. The molecule has 1 fully saturated rings. The molecule has 0 radical (unpaired) electrons. The van der Waals surface area contributed by atoms with Gasteiger partial charge in [-0.2, -0.15) is 22.5 Å². The van der Waals surface area contributed by atoms with Gasteiger partial charge in [-0.25, -0.2) is 0 Å². The van der Waals surface area contributed by atoms with Crippen molar-refractivity contribution in [2.45, 2.75) is 38.8 Å². The molecule has 0 saturated carbocycles. The normalized spacial score (nSPS) is 20.9. The van der Waals surface area contributed by atoms with Crippen molar-refractivity contribution >= 4 is 10.2 Å². The van der Waals surface area contributed by atoms with Gasteiger partial charge in [0, 0.05) is 31.4 Å². The Bertz CT molecular complexity index is 767. The molecule has 2 atom stereocenters. The molecule has 1 aliphatic rings. The van der Waals surface area contributed by atoms with Crippen molar-refractivity contribution in [1.82, 2.24) is 18.8 Å². The van der Waals surface area contributed by atoms with Crippen LogP contribution in [0.15, 0.2) is 29.0 Å². The zero-order valence-electron chi connectivity index (χ0n) is 13.6. The van der Waals surface area contributed by atoms with Gasteiger partial charge in [0.15, 0.2) is 0 Å². The van der Waals surface area contributed by atoms with E-state index in [0.29, 0.717) is 12.3 Å². The third kappa shape index (κ3) is 3.19. The molecule has 0 amide bonds. The van der Waals surface area contributed by atoms with Gasteiger partial charge in [-0.3, -0.25) is 4.68 Å². The summed E-state index contributed by atoms with van der Waals surface area (Å²) in [6.07, 6.45) is 5.02. The van der Waals surface area contributed by atoms with Crippen molar-refractivity contribution in [1.29, 1.82) is 0 Å². The summed E-state index contributed by atoms with van der Waals surface area (Å²) in [6, 6.07) is 3.04. The molecule has 0 aromatic carbocycles. The molecular weight excluding hydrogens is 316 g/mol. The Hall–Kier alpha value is -1.64. The fourth-order valence-electron chi connectivity index (χ4n) is 3.19. The number of nitrogens with zero attached hydrogens (tertiary/aromatic N) is 3. The lowest BCUT2D eigenvalue weighted by atomic mass is 10.1. The lowest BCUT2D eigenvalue weighted by molar-refractivity contribution is 0.333. The molecule has 3 rings (SSSR count). The molecular formula is C15H22N4O3S. The van der Waals surface area contributed by atoms with Gasteiger partial charge in [0.2, 0.25) is 0 Å². The van der Waals surface area contributed by atoms with Crippen LogP contribution in [-0.2, 0) is 17.3 Å². The Kier molecular flexibility index (Phi) is 4.31. The van der Waals surface area contributed by atoms with E-state index in [9.17, 15) is 8.42 Å². The highest BCUT2D eigenvalue weighted by Crippen LogP contribution is 2.34. The molecule has 1 N–H and O–H groups in total. The van der Waals surface area contributed by atoms with Gasteiger partial charge in [0.05, 0.1) is 18.0 Å². The van der Waals surface area contributed by atoms with E-state index in [2.05, 4.69) is 9.82 Å². The first-order valence-corrected chi connectivity index (χ1v) is 9.15. The Labute approximate surface area is 136 Å². The van der Waals surface area contributed by atoms with E-state index in [1.165, 1.54) is 4.31 Å². The number of aromatic nitrogens is 2. The van der Waals surface area contributed by atoms with Crippen LogP contribution >= 0.6 is 0 Å². The van der Waals surface area contributed by atoms with Gasteiger partial charge >= 0.3 is 0 Å². The largest absolute Gasteiger partial charge is 0.468 e. The van der Waals surface area contributed by atoms with E-state index in [1.807, 2.05) is 33.2 Å². The summed E-state index contributed by atoms with van der Waals surface area (Å²) >= 11 is 0. The standard InChI is InChI=1S/C15H22N4O3S/c1-11-13(10-18(3)16-11)12(2)17-23(20,21)19-8-4-6-14(19)15-7-5-9-22-15/h5,7,9-10,12,14,17H,4,6,8H2,1-3H3/t12-,14+/m1/s1. The van der Waals surface area contributed by atoms with Crippen molar-refractivity contribution < 1.29 is 12.8 Å². The van der Waals surface area contributed by atoms with E-state index in [4.69, 9.17) is 4.42 Å². The van der Waals surface area contributed by atoms with E-state index >= 15 is 0 Å². The summed E-state index contributed by atoms with van der Waals surface area (Å²) in [4.78, 5) is 0. The predicted molar refractivity (Wildman–Crippen MR) is 85.8 cm³/mol. The van der Waals surface area contributed by atoms with Gasteiger partial charge in [-0.1, -0.05) is 0 Å². The molecule has 1 saturated heterocycles. The second kappa shape index (κ2) is 6.10. The molecule has 1 aliphatic heterocycles. The lowest BCUT2D eigenvalue weighted by Crippen LogP contribution is -2.41. The Balaban J connectivity index is 1.79. The van der Waals surface area contributed by atoms with E-state index in [0.717, 1.165) is 24.1 Å². The fourth-order valence-corrected chi connectivity index (χ4v) is 4.81. The molecule has 0 bridgehead atoms. The number of rotatable bonds is 5. The van der Waals surface area contributed by atoms with Crippen LogP contribution in [-0.4, -0.2) is 29.0 Å². The predicted octanol–water partition coefficient (Wildman–Crippen LogP) is 2.05. The first-order valence-electron chi connectivity index (χ1n) is 7.71. The molecule has 0 aliphatic carbocycles. The topological polar surface area (TPSA) is 80.4 Å². The minimum atomic E-state index is -3.60. The van der Waals surface area contributed by atoms with Crippen molar-refractivity contribution in [3.8, 4) is 0 Å². The number of hydrogen-bond acceptors (Lipinski definition) is 4. The maximum atomic E-state index is 12.8. The zero-order chi connectivity index (χ0) is 16.6. The smallest absolute Gasteiger partial charge is 0.280 e. The second-order valence-corrected chi connectivity index (χ2v) is 7.63. The first kappa shape index (κ1) is 16.2. The summed E-state index contributed by atoms with van der Waals surface area (Å²) in [5.41, 5.74) is 1.71. The lowest BCUT2D eigenvalue weighted by Gasteiger charge is -2.25. The number of hydrogen-bond donors (Lipinski definition) is 1. The maximum absolute atomic E-state index is 12.8. The molecule has 23 heavy (non-hydrogen) atoms. The highest BCUT2D eigenvalue weighted by Gasteiger charge is 2.37. The first-order chi connectivity index (χ1) is 10.9. The van der Waals surface area contributed by atoms with Gasteiger partial charge in [0.1, 0.15) is 5.76 Å². The van der Waals surface area contributed by atoms with Crippen molar-refractivity contribution in [3.05, 3.63) is 41.6 Å². The van der Waals surface area contributed by atoms with E-state index < -0.39 is 10.2 Å². The molecule has 7 nitrogen and oxygen atoms in total. The third-order valence-electron chi connectivity index (χ3n) is 4.23. The summed E-state index contributed by atoms with van der Waals surface area (Å²) in [6.45, 7) is 4.21. The van der Waals surface area contributed by atoms with Gasteiger partial charge in [-0.15, -0.1) is 0 Å². The number of aryl methyl sites for hydroxylation is 2. The average molecular weight is 338 g/mol. The molecule has 8 heteroatoms. The molecule has 2 aromatic rings. The van der Waals surface area contributed by atoms with Crippen LogP contribution in [0.2, 0.25) is 0 Å². The second-order valence-electron chi connectivity index (χ2n) is 5.97. The Morgan fingerprint density at radius 1 is 1.48 bits per heavy atom. The van der Waals surface area contributed by atoms with Crippen molar-refractivity contribution in [2.75, 3.05) is 6.54 Å². The van der Waals surface area contributed by atoms with Gasteiger partial charge in [-0.05, 0) is 38.8 Å². The average Bonchev–Trinajstić information content (AvgIpc) is 3.16. The molecule has 3 heterocycles. The Morgan fingerprint density at radius 2 is 2.26 bits per heavy atom. The summed E-state index contributed by atoms with van der Waals surface area (Å²) in [5, 5.41) is 4.27. The summed E-state index contributed by atoms with van der Waals surface area (Å²) < 4.78 is 36.9. The molecule has 2 aromatic heterocycles. The number of nitrogens with one attached hydrogen (secondary N) is 1. The quantitative estimate of drug-likeness (QED) is 0.905. The van der Waals surface area contributed by atoms with Crippen LogP contribution < -0.4 is 4.72 Å². The minimum Gasteiger partial charge on any atom is -0.468 e. The van der Waals surface area contributed by atoms with Crippen LogP contribution in [0.25, 0.3) is 0 Å². The van der Waals surface area contributed by atoms with Crippen LogP contribution in [0.1, 0.15) is 48.9 Å². The molecule has 126 valence electrons. The van der Waals surface area contributed by atoms with Crippen LogP contribution in [0.4, 0.5) is 0 Å². The monoisotopic (exact) mass is 338 g/mol. The maximum Gasteiger partial charge on any atom is 0.280 e. The van der Waals surface area contributed by atoms with E-state index in [1.54, 1.807) is 17.0 Å². The number of furan rings is 1. The fraction of sp³-hybridized carbons (Fsp3) is 0.533. The van der Waals surface area contributed by atoms with Gasteiger partial charge < -0.3 is 4.42 Å². The summed E-state index contributed by atoms with van der Waals surface area (Å²) in [7, 11) is -1.78. The highest BCUT2D eigenvalue weighted by atomic mass is 32.2. The molecule has 0 unspecified atom stereocenters. The van der Waals surface area contributed by atoms with Crippen molar-refractivity contribution in [3.63, 3.8) is 0 Å². The van der Waals surface area contributed by atoms with Crippen LogP contribution in [0.3, 0.4) is 0 Å². The van der Waals surface area contributed by atoms with Crippen molar-refractivity contribution in [2.24, 2.45) is 7.05 Å². The third-order valence-corrected chi connectivity index (χ3v) is 5.93. The molecule has 0 spiro atoms. The van der Waals surface area contributed by atoms with Crippen LogP contribution in [0.5, 0.6) is 0 Å². The zero-order valence-corrected chi connectivity index (χ0v) is 14.4. The van der Waals surface area contributed by atoms with E-state index in [-0.39, 0.29) is 12.1 Å². The minimum absolute atomic E-state index is 0.232. The highest BCUT2D eigenvalue weighted by molar-refractivity contribution is 7.87. The van der Waals surface area contributed by atoms with Crippen LogP contribution in [0, 0.1) is 6.92 Å². The SMILES string of the molecule is Cc1nn(C)cc1[C@@H](C)NS(=O)(=O)N1CCC[C@H]1c1ccco1.